The highest BCUT2D eigenvalue weighted by molar-refractivity contribution is 5.95. The summed E-state index contributed by atoms with van der Waals surface area (Å²) in [6.07, 6.45) is 3.26. The van der Waals surface area contributed by atoms with Crippen LogP contribution in [-0.4, -0.2) is 58.8 Å². The average Bonchev–Trinajstić information content (AvgIpc) is 3.30. The summed E-state index contributed by atoms with van der Waals surface area (Å²) < 4.78 is 5.34. The molecule has 0 radical (unpaired) electrons. The van der Waals surface area contributed by atoms with Gasteiger partial charge in [0.15, 0.2) is 0 Å². The first-order valence-corrected chi connectivity index (χ1v) is 10.8. The van der Waals surface area contributed by atoms with Crippen LogP contribution in [0.2, 0.25) is 0 Å². The van der Waals surface area contributed by atoms with Crippen molar-refractivity contribution in [2.24, 2.45) is 5.41 Å². The number of fused-ring (bicyclic) bond motifs is 2. The molecule has 1 saturated heterocycles. The van der Waals surface area contributed by atoms with Crippen LogP contribution < -0.4 is 5.32 Å². The molecule has 3 aromatic rings. The number of aromatic amines is 2. The lowest BCUT2D eigenvalue weighted by molar-refractivity contribution is -0.118. The second kappa shape index (κ2) is 7.56. The first-order valence-electron chi connectivity index (χ1n) is 10.8. The van der Waals surface area contributed by atoms with Gasteiger partial charge in [0.25, 0.3) is 0 Å². The molecule has 0 bridgehead atoms. The van der Waals surface area contributed by atoms with Crippen LogP contribution in [0.25, 0.3) is 22.3 Å². The SMILES string of the molecule is CC1(C)CCc2c(-c3cc4ccc(NC(=O)CN5CCOCC5)cc4[nH]3)n[nH]c2C1. The number of hydrogen-bond donors (Lipinski definition) is 3. The first-order chi connectivity index (χ1) is 14.5. The van der Waals surface area contributed by atoms with Gasteiger partial charge in [-0.05, 0) is 42.9 Å². The zero-order valence-electron chi connectivity index (χ0n) is 17.7. The molecular weight excluding hydrogens is 378 g/mol. The van der Waals surface area contributed by atoms with E-state index >= 15 is 0 Å². The van der Waals surface area contributed by atoms with Crippen molar-refractivity contribution in [1.82, 2.24) is 20.1 Å². The number of carbonyl (C=O) groups is 1. The van der Waals surface area contributed by atoms with Gasteiger partial charge in [-0.2, -0.15) is 5.10 Å². The van der Waals surface area contributed by atoms with Gasteiger partial charge in [-0.15, -0.1) is 0 Å². The molecule has 2 aromatic heterocycles. The monoisotopic (exact) mass is 407 g/mol. The number of nitrogens with one attached hydrogen (secondary N) is 3. The molecule has 30 heavy (non-hydrogen) atoms. The van der Waals surface area contributed by atoms with E-state index in [1.165, 1.54) is 17.7 Å². The van der Waals surface area contributed by atoms with E-state index in [4.69, 9.17) is 4.74 Å². The fourth-order valence-corrected chi connectivity index (χ4v) is 4.57. The van der Waals surface area contributed by atoms with Crippen molar-refractivity contribution in [3.8, 4) is 11.4 Å². The summed E-state index contributed by atoms with van der Waals surface area (Å²) in [7, 11) is 0. The van der Waals surface area contributed by atoms with E-state index in [9.17, 15) is 4.79 Å². The van der Waals surface area contributed by atoms with Crippen molar-refractivity contribution >= 4 is 22.5 Å². The molecule has 0 saturated carbocycles. The van der Waals surface area contributed by atoms with E-state index in [1.807, 2.05) is 18.2 Å². The van der Waals surface area contributed by atoms with Crippen LogP contribution in [0, 0.1) is 5.41 Å². The normalized spacial score (nSPS) is 19.0. The molecule has 1 amide bonds. The van der Waals surface area contributed by atoms with Gasteiger partial charge in [0.1, 0.15) is 5.69 Å². The minimum Gasteiger partial charge on any atom is -0.379 e. The molecule has 0 unspecified atom stereocenters. The Hall–Kier alpha value is -2.64. The predicted molar refractivity (Wildman–Crippen MR) is 118 cm³/mol. The molecule has 3 N–H and O–H groups in total. The van der Waals surface area contributed by atoms with Crippen LogP contribution in [0.15, 0.2) is 24.3 Å². The van der Waals surface area contributed by atoms with Crippen LogP contribution in [0.1, 0.15) is 31.5 Å². The number of ether oxygens (including phenoxy) is 1. The van der Waals surface area contributed by atoms with Crippen molar-refractivity contribution < 1.29 is 9.53 Å². The van der Waals surface area contributed by atoms with Gasteiger partial charge in [-0.1, -0.05) is 19.9 Å². The summed E-state index contributed by atoms with van der Waals surface area (Å²) >= 11 is 0. The summed E-state index contributed by atoms with van der Waals surface area (Å²) in [4.78, 5) is 18.0. The Bertz CT molecular complexity index is 1070. The van der Waals surface area contributed by atoms with Crippen LogP contribution in [0.5, 0.6) is 0 Å². The third-order valence-electron chi connectivity index (χ3n) is 6.29. The average molecular weight is 408 g/mol. The molecular formula is C23H29N5O2. The van der Waals surface area contributed by atoms with Crippen LogP contribution in [0.3, 0.4) is 0 Å². The summed E-state index contributed by atoms with van der Waals surface area (Å²) in [5, 5.41) is 12.0. The maximum absolute atomic E-state index is 12.4. The summed E-state index contributed by atoms with van der Waals surface area (Å²) in [5.41, 5.74) is 6.78. The number of aromatic nitrogens is 3. The molecule has 158 valence electrons. The van der Waals surface area contributed by atoms with Gasteiger partial charge >= 0.3 is 0 Å². The topological polar surface area (TPSA) is 86.0 Å². The minimum absolute atomic E-state index is 0.00650. The molecule has 0 spiro atoms. The Labute approximate surface area is 176 Å². The number of amides is 1. The van der Waals surface area contributed by atoms with E-state index in [2.05, 4.69) is 45.3 Å². The molecule has 1 aliphatic heterocycles. The Morgan fingerprint density at radius 3 is 2.93 bits per heavy atom. The molecule has 1 fully saturated rings. The van der Waals surface area contributed by atoms with Gasteiger partial charge in [0.2, 0.25) is 5.91 Å². The quantitative estimate of drug-likeness (QED) is 0.619. The molecule has 3 heterocycles. The molecule has 7 heteroatoms. The highest BCUT2D eigenvalue weighted by Gasteiger charge is 2.29. The van der Waals surface area contributed by atoms with Crippen molar-refractivity contribution in [3.05, 3.63) is 35.5 Å². The lowest BCUT2D eigenvalue weighted by atomic mass is 9.76. The fraction of sp³-hybridized carbons (Fsp3) is 0.478. The van der Waals surface area contributed by atoms with Crippen LogP contribution in [0.4, 0.5) is 5.69 Å². The van der Waals surface area contributed by atoms with Gasteiger partial charge in [-0.3, -0.25) is 14.8 Å². The van der Waals surface area contributed by atoms with Crippen molar-refractivity contribution in [1.29, 1.82) is 0 Å². The third-order valence-corrected chi connectivity index (χ3v) is 6.29. The smallest absolute Gasteiger partial charge is 0.238 e. The fourth-order valence-electron chi connectivity index (χ4n) is 4.57. The van der Waals surface area contributed by atoms with Crippen molar-refractivity contribution in [2.75, 3.05) is 38.2 Å². The van der Waals surface area contributed by atoms with E-state index < -0.39 is 0 Å². The highest BCUT2D eigenvalue weighted by atomic mass is 16.5. The number of nitrogens with zero attached hydrogens (tertiary/aromatic N) is 2. The van der Waals surface area contributed by atoms with E-state index in [0.29, 0.717) is 25.2 Å². The second-order valence-electron chi connectivity index (χ2n) is 9.29. The number of carbonyl (C=O) groups excluding carboxylic acids is 1. The second-order valence-corrected chi connectivity index (χ2v) is 9.29. The number of hydrogen-bond acceptors (Lipinski definition) is 4. The summed E-state index contributed by atoms with van der Waals surface area (Å²) in [5.74, 6) is 0.00650. The van der Waals surface area contributed by atoms with E-state index in [-0.39, 0.29) is 5.91 Å². The number of morpholine rings is 1. The maximum atomic E-state index is 12.4. The lowest BCUT2D eigenvalue weighted by Gasteiger charge is -2.28. The predicted octanol–water partition coefficient (Wildman–Crippen LogP) is 3.34. The largest absolute Gasteiger partial charge is 0.379 e. The van der Waals surface area contributed by atoms with E-state index in [0.717, 1.165) is 53.9 Å². The molecule has 7 nitrogen and oxygen atoms in total. The number of rotatable bonds is 4. The number of benzene rings is 1. The number of anilines is 1. The Morgan fingerprint density at radius 2 is 2.10 bits per heavy atom. The molecule has 0 atom stereocenters. The molecule has 5 rings (SSSR count). The van der Waals surface area contributed by atoms with Gasteiger partial charge in [-0.25, -0.2) is 0 Å². The molecule has 1 aromatic carbocycles. The maximum Gasteiger partial charge on any atom is 0.238 e. The van der Waals surface area contributed by atoms with Crippen LogP contribution >= 0.6 is 0 Å². The molecule has 1 aliphatic carbocycles. The van der Waals surface area contributed by atoms with Gasteiger partial charge in [0.05, 0.1) is 25.5 Å². The van der Waals surface area contributed by atoms with Crippen molar-refractivity contribution in [3.63, 3.8) is 0 Å². The van der Waals surface area contributed by atoms with Gasteiger partial charge < -0.3 is 15.0 Å². The standard InChI is InChI=1S/C23H29N5O2/c1-23(2)6-5-17-20(13-23)26-27-22(17)19-11-15-3-4-16(12-18(15)25-19)24-21(29)14-28-7-9-30-10-8-28/h3-4,11-12,25H,5-10,13-14H2,1-2H3,(H,24,29)(H,26,27). The first kappa shape index (κ1) is 19.3. The lowest BCUT2D eigenvalue weighted by Crippen LogP contribution is -2.41. The Kier molecular flexibility index (Phi) is 4.87. The summed E-state index contributed by atoms with van der Waals surface area (Å²) in [6.45, 7) is 8.02. The van der Waals surface area contributed by atoms with E-state index in [1.54, 1.807) is 0 Å². The Balaban J connectivity index is 1.33. The summed E-state index contributed by atoms with van der Waals surface area (Å²) in [6, 6.07) is 8.14. The highest BCUT2D eigenvalue weighted by Crippen LogP contribution is 2.38. The zero-order valence-corrected chi connectivity index (χ0v) is 17.7. The van der Waals surface area contributed by atoms with Crippen molar-refractivity contribution in [2.45, 2.75) is 33.1 Å². The Morgan fingerprint density at radius 1 is 1.27 bits per heavy atom. The number of H-pyrrole nitrogens is 2. The third kappa shape index (κ3) is 3.87. The molecule has 2 aliphatic rings. The van der Waals surface area contributed by atoms with Crippen LogP contribution in [-0.2, 0) is 22.4 Å². The zero-order chi connectivity index (χ0) is 20.7. The van der Waals surface area contributed by atoms with Gasteiger partial charge in [0, 0.05) is 40.9 Å². The minimum atomic E-state index is 0.00650.